The number of hydrogen-bond donors (Lipinski definition) is 0. The summed E-state index contributed by atoms with van der Waals surface area (Å²) in [6.07, 6.45) is 1.50. The number of fused-ring (bicyclic) bond motifs is 1. The fourth-order valence-corrected chi connectivity index (χ4v) is 5.09. The molecule has 4 rings (SSSR count). The Morgan fingerprint density at radius 1 is 0.912 bits per heavy atom. The number of amides is 2. The van der Waals surface area contributed by atoms with Crippen LogP contribution >= 0.6 is 0 Å². The number of carbonyl (C=O) groups excluding carboxylic acids is 2. The standard InChI is InChI=1S/C27H35N3O4/c1-6-8-21(19-11-12-23(33-4)24(17-19)34-5)30-26(31)20-9-7-10-22(25(20)27(30)32)29-15-13-28(14-16-29)18(2)3/h7,9-12,17-18,21H,6,8,13-16H2,1-5H3. The van der Waals surface area contributed by atoms with E-state index in [0.717, 1.165) is 43.9 Å². The van der Waals surface area contributed by atoms with E-state index < -0.39 is 0 Å². The minimum Gasteiger partial charge on any atom is -0.493 e. The first kappa shape index (κ1) is 24.1. The molecular weight excluding hydrogens is 430 g/mol. The predicted octanol–water partition coefficient (Wildman–Crippen LogP) is 4.37. The third kappa shape index (κ3) is 4.25. The van der Waals surface area contributed by atoms with Crippen LogP contribution < -0.4 is 14.4 Å². The van der Waals surface area contributed by atoms with E-state index in [1.54, 1.807) is 20.3 Å². The molecule has 2 amide bonds. The molecule has 1 saturated heterocycles. The molecule has 1 atom stereocenters. The number of methoxy groups -OCH3 is 2. The lowest BCUT2D eigenvalue weighted by atomic mass is 10.00. The highest BCUT2D eigenvalue weighted by atomic mass is 16.5. The molecule has 1 unspecified atom stereocenters. The fourth-order valence-electron chi connectivity index (χ4n) is 5.09. The summed E-state index contributed by atoms with van der Waals surface area (Å²) in [7, 11) is 3.18. The van der Waals surface area contributed by atoms with Crippen molar-refractivity contribution in [3.8, 4) is 11.5 Å². The van der Waals surface area contributed by atoms with Gasteiger partial charge in [-0.05, 0) is 50.1 Å². The van der Waals surface area contributed by atoms with Crippen molar-refractivity contribution in [3.63, 3.8) is 0 Å². The summed E-state index contributed by atoms with van der Waals surface area (Å²) >= 11 is 0. The van der Waals surface area contributed by atoms with E-state index in [0.29, 0.717) is 35.1 Å². The van der Waals surface area contributed by atoms with Crippen LogP contribution in [0.4, 0.5) is 5.69 Å². The molecule has 7 heteroatoms. The highest BCUT2D eigenvalue weighted by molar-refractivity contribution is 6.24. The Morgan fingerprint density at radius 2 is 1.62 bits per heavy atom. The van der Waals surface area contributed by atoms with Crippen LogP contribution in [0.25, 0.3) is 0 Å². The lowest BCUT2D eigenvalue weighted by Crippen LogP contribution is -2.49. The highest BCUT2D eigenvalue weighted by Crippen LogP contribution is 2.40. The van der Waals surface area contributed by atoms with E-state index in [1.165, 1.54) is 4.90 Å². The summed E-state index contributed by atoms with van der Waals surface area (Å²) in [5.41, 5.74) is 2.76. The Bertz CT molecular complexity index is 1060. The van der Waals surface area contributed by atoms with E-state index in [9.17, 15) is 9.59 Å². The van der Waals surface area contributed by atoms with Gasteiger partial charge >= 0.3 is 0 Å². The van der Waals surface area contributed by atoms with Gasteiger partial charge in [0.15, 0.2) is 11.5 Å². The van der Waals surface area contributed by atoms with E-state index in [1.807, 2.05) is 30.3 Å². The third-order valence-corrected chi connectivity index (χ3v) is 6.98. The van der Waals surface area contributed by atoms with Crippen molar-refractivity contribution < 1.29 is 19.1 Å². The molecule has 2 aliphatic heterocycles. The topological polar surface area (TPSA) is 62.3 Å². The van der Waals surface area contributed by atoms with Crippen LogP contribution in [0.15, 0.2) is 36.4 Å². The van der Waals surface area contributed by atoms with Gasteiger partial charge in [0, 0.05) is 32.2 Å². The second-order valence-electron chi connectivity index (χ2n) is 9.22. The molecule has 0 N–H and O–H groups in total. The van der Waals surface area contributed by atoms with Crippen LogP contribution in [0, 0.1) is 0 Å². The number of hydrogen-bond acceptors (Lipinski definition) is 6. The molecule has 0 spiro atoms. The first-order chi connectivity index (χ1) is 16.4. The lowest BCUT2D eigenvalue weighted by molar-refractivity contribution is 0.0573. The largest absolute Gasteiger partial charge is 0.493 e. The van der Waals surface area contributed by atoms with Crippen molar-refractivity contribution in [2.75, 3.05) is 45.3 Å². The number of benzene rings is 2. The molecule has 2 aromatic carbocycles. The molecule has 2 heterocycles. The molecule has 1 fully saturated rings. The summed E-state index contributed by atoms with van der Waals surface area (Å²) in [6, 6.07) is 11.4. The molecule has 2 aliphatic rings. The predicted molar refractivity (Wildman–Crippen MR) is 133 cm³/mol. The van der Waals surface area contributed by atoms with Crippen LogP contribution in [0.2, 0.25) is 0 Å². The number of imide groups is 1. The minimum absolute atomic E-state index is 0.213. The average Bonchev–Trinajstić information content (AvgIpc) is 3.12. The summed E-state index contributed by atoms with van der Waals surface area (Å²) in [5.74, 6) is 0.763. The number of ether oxygens (including phenoxy) is 2. The zero-order valence-corrected chi connectivity index (χ0v) is 20.8. The molecular formula is C27H35N3O4. The van der Waals surface area contributed by atoms with Crippen molar-refractivity contribution >= 4 is 17.5 Å². The molecule has 34 heavy (non-hydrogen) atoms. The molecule has 7 nitrogen and oxygen atoms in total. The van der Waals surface area contributed by atoms with Crippen molar-refractivity contribution in [3.05, 3.63) is 53.1 Å². The van der Waals surface area contributed by atoms with Gasteiger partial charge in [0.2, 0.25) is 0 Å². The van der Waals surface area contributed by atoms with Gasteiger partial charge < -0.3 is 14.4 Å². The van der Waals surface area contributed by atoms with Gasteiger partial charge in [-0.3, -0.25) is 19.4 Å². The Balaban J connectivity index is 1.68. The zero-order chi connectivity index (χ0) is 24.4. The smallest absolute Gasteiger partial charge is 0.264 e. The summed E-state index contributed by atoms with van der Waals surface area (Å²) in [6.45, 7) is 10.0. The normalized spacial score (nSPS) is 17.4. The van der Waals surface area contributed by atoms with E-state index in [2.05, 4.69) is 30.6 Å². The Kier molecular flexibility index (Phi) is 7.12. The maximum atomic E-state index is 13.8. The molecule has 2 aromatic rings. The monoisotopic (exact) mass is 465 g/mol. The molecule has 182 valence electrons. The van der Waals surface area contributed by atoms with Crippen LogP contribution in [0.1, 0.15) is 65.9 Å². The Labute approximate surface area is 202 Å². The maximum Gasteiger partial charge on any atom is 0.264 e. The Morgan fingerprint density at radius 3 is 2.24 bits per heavy atom. The number of piperazine rings is 1. The van der Waals surface area contributed by atoms with Gasteiger partial charge in [0.25, 0.3) is 11.8 Å². The first-order valence-electron chi connectivity index (χ1n) is 12.1. The van der Waals surface area contributed by atoms with Gasteiger partial charge in [-0.25, -0.2) is 0 Å². The van der Waals surface area contributed by atoms with Crippen LogP contribution in [-0.4, -0.2) is 68.1 Å². The van der Waals surface area contributed by atoms with Crippen LogP contribution in [0.3, 0.4) is 0 Å². The third-order valence-electron chi connectivity index (χ3n) is 6.98. The number of rotatable bonds is 8. The fraction of sp³-hybridized carbons (Fsp3) is 0.481. The summed E-state index contributed by atoms with van der Waals surface area (Å²) in [4.78, 5) is 33.5. The molecule has 0 aliphatic carbocycles. The van der Waals surface area contributed by atoms with Crippen molar-refractivity contribution in [1.29, 1.82) is 0 Å². The SMILES string of the molecule is CCCC(c1ccc(OC)c(OC)c1)N1C(=O)c2cccc(N3CCN(C(C)C)CC3)c2C1=O. The molecule has 0 saturated carbocycles. The van der Waals surface area contributed by atoms with Gasteiger partial charge in [-0.2, -0.15) is 0 Å². The Hall–Kier alpha value is -3.06. The molecule has 0 bridgehead atoms. The van der Waals surface area contributed by atoms with Crippen molar-refractivity contribution in [1.82, 2.24) is 9.80 Å². The highest BCUT2D eigenvalue weighted by Gasteiger charge is 2.42. The molecule has 0 aromatic heterocycles. The minimum atomic E-state index is -0.372. The second kappa shape index (κ2) is 10.1. The number of nitrogens with zero attached hydrogens (tertiary/aromatic N) is 3. The van der Waals surface area contributed by atoms with Gasteiger partial charge in [0.1, 0.15) is 0 Å². The second-order valence-corrected chi connectivity index (χ2v) is 9.22. The van der Waals surface area contributed by atoms with E-state index >= 15 is 0 Å². The van der Waals surface area contributed by atoms with E-state index in [-0.39, 0.29) is 17.9 Å². The van der Waals surface area contributed by atoms with Crippen molar-refractivity contribution in [2.45, 2.75) is 45.7 Å². The first-order valence-corrected chi connectivity index (χ1v) is 12.1. The summed E-state index contributed by atoms with van der Waals surface area (Å²) in [5, 5.41) is 0. The zero-order valence-electron chi connectivity index (χ0n) is 20.8. The van der Waals surface area contributed by atoms with Gasteiger partial charge in [-0.15, -0.1) is 0 Å². The van der Waals surface area contributed by atoms with Crippen LogP contribution in [0.5, 0.6) is 11.5 Å². The van der Waals surface area contributed by atoms with Crippen LogP contribution in [-0.2, 0) is 0 Å². The van der Waals surface area contributed by atoms with E-state index in [4.69, 9.17) is 9.47 Å². The summed E-state index contributed by atoms with van der Waals surface area (Å²) < 4.78 is 10.9. The lowest BCUT2D eigenvalue weighted by Gasteiger charge is -2.38. The molecule has 0 radical (unpaired) electrons. The maximum absolute atomic E-state index is 13.8. The number of carbonyl (C=O) groups is 2. The van der Waals surface area contributed by atoms with Crippen molar-refractivity contribution in [2.24, 2.45) is 0 Å². The van der Waals surface area contributed by atoms with Gasteiger partial charge in [-0.1, -0.05) is 25.5 Å². The quantitative estimate of drug-likeness (QED) is 0.540. The van der Waals surface area contributed by atoms with Gasteiger partial charge in [0.05, 0.1) is 37.1 Å². The number of anilines is 1. The average molecular weight is 466 g/mol.